The van der Waals surface area contributed by atoms with Crippen LogP contribution in [0.2, 0.25) is 0 Å². The zero-order chi connectivity index (χ0) is 31.5. The number of ether oxygens (including phenoxy) is 5. The van der Waals surface area contributed by atoms with Gasteiger partial charge in [-0.05, 0) is 62.9 Å². The molecule has 4 fully saturated rings. The Kier molecular flexibility index (Phi) is 12.9. The van der Waals surface area contributed by atoms with Crippen LogP contribution in [0.25, 0.3) is 0 Å². The lowest BCUT2D eigenvalue weighted by atomic mass is 9.94. The number of carboxylic acid groups (broad SMARTS) is 1. The molecule has 1 amide bonds. The van der Waals surface area contributed by atoms with Crippen molar-refractivity contribution >= 4 is 17.7 Å². The first-order chi connectivity index (χ1) is 21.9. The Morgan fingerprint density at radius 2 is 1.64 bits per heavy atom. The third-order valence-corrected chi connectivity index (χ3v) is 9.63. The molecule has 3 heterocycles. The Hall–Kier alpha value is -2.24. The first-order valence-electron chi connectivity index (χ1n) is 17.6. The van der Waals surface area contributed by atoms with E-state index in [9.17, 15) is 9.59 Å². The fourth-order valence-electron chi connectivity index (χ4n) is 7.22. The zero-order valence-electron chi connectivity index (χ0n) is 27.1. The number of fused-ring (bicyclic) bond motifs is 1. The molecule has 0 radical (unpaired) electrons. The first kappa shape index (κ1) is 34.1. The molecule has 1 aromatic rings. The second-order valence-electron chi connectivity index (χ2n) is 13.3. The predicted octanol–water partition coefficient (Wildman–Crippen LogP) is 6.65. The van der Waals surface area contributed by atoms with Gasteiger partial charge in [0, 0.05) is 31.7 Å². The molecule has 0 unspecified atom stereocenters. The van der Waals surface area contributed by atoms with Gasteiger partial charge in [0.2, 0.25) is 0 Å². The minimum Gasteiger partial charge on any atom is -0.481 e. The first-order valence-corrected chi connectivity index (χ1v) is 17.6. The van der Waals surface area contributed by atoms with E-state index in [2.05, 4.69) is 17.1 Å². The van der Waals surface area contributed by atoms with Gasteiger partial charge in [0.05, 0.1) is 6.42 Å². The summed E-state index contributed by atoms with van der Waals surface area (Å²) in [6.07, 6.45) is 14.0. The Morgan fingerprint density at radius 1 is 0.956 bits per heavy atom. The van der Waals surface area contributed by atoms with Gasteiger partial charge in [-0.2, -0.15) is 0 Å². The molecule has 0 aromatic heterocycles. The maximum Gasteiger partial charge on any atom is 0.412 e. The molecule has 5 rings (SSSR count). The van der Waals surface area contributed by atoms with E-state index in [1.807, 2.05) is 0 Å². The standard InChI is InChI=1S/C35H54N2O8/c1-2-3-4-5-6-7-8-14-23-41-31-30(43-33-32(31)44-35(45-33)19-10-9-11-20-35)28(25-37-21-12-13-22-37)42-34(40)36-27-17-15-26(16-18-27)24-29(38)39/h15-18,28,30-33H,2-14,19-25H2,1H3,(H,36,40)(H,38,39)/t28-,30-,31+,32-,33-/m1/s1. The largest absolute Gasteiger partial charge is 0.481 e. The molecule has 45 heavy (non-hydrogen) atoms. The number of amides is 1. The van der Waals surface area contributed by atoms with Crippen LogP contribution in [0.5, 0.6) is 0 Å². The average molecular weight is 631 g/mol. The van der Waals surface area contributed by atoms with Gasteiger partial charge in [-0.25, -0.2) is 4.79 Å². The molecule has 2 N–H and O–H groups in total. The summed E-state index contributed by atoms with van der Waals surface area (Å²) < 4.78 is 32.4. The highest BCUT2D eigenvalue weighted by molar-refractivity contribution is 5.84. The number of nitrogens with one attached hydrogen (secondary N) is 1. The molecular weight excluding hydrogens is 576 g/mol. The summed E-state index contributed by atoms with van der Waals surface area (Å²) in [5, 5.41) is 11.9. The molecule has 3 saturated heterocycles. The highest BCUT2D eigenvalue weighted by Crippen LogP contribution is 2.46. The Balaban J connectivity index is 1.23. The molecular formula is C35H54N2O8. The van der Waals surface area contributed by atoms with Gasteiger partial charge < -0.3 is 28.8 Å². The van der Waals surface area contributed by atoms with E-state index in [-0.39, 0.29) is 12.5 Å². The zero-order valence-corrected chi connectivity index (χ0v) is 27.1. The number of rotatable bonds is 17. The molecule has 5 atom stereocenters. The lowest BCUT2D eigenvalue weighted by Crippen LogP contribution is -2.49. The quantitative estimate of drug-likeness (QED) is 0.183. The van der Waals surface area contributed by atoms with Crippen molar-refractivity contribution in [1.82, 2.24) is 4.90 Å². The third-order valence-electron chi connectivity index (χ3n) is 9.63. The molecule has 1 aromatic carbocycles. The van der Waals surface area contributed by atoms with Crippen molar-refractivity contribution in [2.24, 2.45) is 0 Å². The maximum atomic E-state index is 13.2. The van der Waals surface area contributed by atoms with Crippen molar-refractivity contribution in [3.8, 4) is 0 Å². The summed E-state index contributed by atoms with van der Waals surface area (Å²) in [6.45, 7) is 5.29. The van der Waals surface area contributed by atoms with Crippen molar-refractivity contribution in [3.63, 3.8) is 0 Å². The van der Waals surface area contributed by atoms with Gasteiger partial charge in [0.25, 0.3) is 0 Å². The molecule has 252 valence electrons. The summed E-state index contributed by atoms with van der Waals surface area (Å²) in [5.74, 6) is -1.50. The van der Waals surface area contributed by atoms with Crippen LogP contribution in [0.15, 0.2) is 24.3 Å². The lowest BCUT2D eigenvalue weighted by molar-refractivity contribution is -0.256. The van der Waals surface area contributed by atoms with E-state index in [0.29, 0.717) is 24.4 Å². The number of nitrogens with zero attached hydrogens (tertiary/aromatic N) is 1. The lowest BCUT2D eigenvalue weighted by Gasteiger charge is -2.36. The third kappa shape index (κ3) is 9.88. The van der Waals surface area contributed by atoms with Crippen molar-refractivity contribution in [3.05, 3.63) is 29.8 Å². The number of aliphatic carboxylic acids is 1. The number of carboxylic acids is 1. The summed E-state index contributed by atoms with van der Waals surface area (Å²) in [6, 6.07) is 6.76. The molecule has 1 saturated carbocycles. The fraction of sp³-hybridized carbons (Fsp3) is 0.771. The number of carbonyl (C=O) groups excluding carboxylic acids is 1. The van der Waals surface area contributed by atoms with Crippen LogP contribution >= 0.6 is 0 Å². The molecule has 10 heteroatoms. The monoisotopic (exact) mass is 630 g/mol. The highest BCUT2D eigenvalue weighted by atomic mass is 16.8. The number of benzene rings is 1. The highest BCUT2D eigenvalue weighted by Gasteiger charge is 2.60. The van der Waals surface area contributed by atoms with Gasteiger partial charge in [0.1, 0.15) is 24.4 Å². The van der Waals surface area contributed by atoms with E-state index in [1.54, 1.807) is 24.3 Å². The second kappa shape index (κ2) is 17.1. The van der Waals surface area contributed by atoms with Gasteiger partial charge in [-0.15, -0.1) is 0 Å². The van der Waals surface area contributed by atoms with Gasteiger partial charge in [-0.3, -0.25) is 15.0 Å². The van der Waals surface area contributed by atoms with Crippen molar-refractivity contribution in [2.45, 2.75) is 146 Å². The minimum absolute atomic E-state index is 0.0736. The van der Waals surface area contributed by atoms with Crippen molar-refractivity contribution in [1.29, 1.82) is 0 Å². The minimum atomic E-state index is -0.900. The van der Waals surface area contributed by atoms with Gasteiger partial charge in [-0.1, -0.05) is 70.4 Å². The summed E-state index contributed by atoms with van der Waals surface area (Å²) >= 11 is 0. The van der Waals surface area contributed by atoms with Crippen LogP contribution in [-0.4, -0.2) is 84.8 Å². The number of hydrogen-bond donors (Lipinski definition) is 2. The van der Waals surface area contributed by atoms with Crippen LogP contribution in [0, 0.1) is 0 Å². The van der Waals surface area contributed by atoms with E-state index in [4.69, 9.17) is 28.8 Å². The smallest absolute Gasteiger partial charge is 0.412 e. The Morgan fingerprint density at radius 3 is 2.33 bits per heavy atom. The molecule has 0 bridgehead atoms. The molecule has 3 aliphatic heterocycles. The fourth-order valence-corrected chi connectivity index (χ4v) is 7.22. The predicted molar refractivity (Wildman–Crippen MR) is 170 cm³/mol. The summed E-state index contributed by atoms with van der Waals surface area (Å²) in [4.78, 5) is 26.6. The SMILES string of the molecule is CCCCCCCCCCO[C@@H]1[C@H]2OC3(CCCCC3)O[C@H]2O[C@@H]1[C@@H](CN1CCCC1)OC(=O)Nc1ccc(CC(=O)O)cc1. The Bertz CT molecular complexity index is 1060. The number of unbranched alkanes of at least 4 members (excludes halogenated alkanes) is 7. The van der Waals surface area contributed by atoms with E-state index < -0.39 is 42.5 Å². The van der Waals surface area contributed by atoms with Crippen LogP contribution in [0.3, 0.4) is 0 Å². The van der Waals surface area contributed by atoms with Gasteiger partial charge >= 0.3 is 12.1 Å². The molecule has 4 aliphatic rings. The van der Waals surface area contributed by atoms with Crippen molar-refractivity contribution in [2.75, 3.05) is 31.6 Å². The number of hydrogen-bond acceptors (Lipinski definition) is 8. The van der Waals surface area contributed by atoms with E-state index >= 15 is 0 Å². The van der Waals surface area contributed by atoms with Crippen LogP contribution in [-0.2, 0) is 34.9 Å². The normalized spacial score (nSPS) is 26.6. The topological polar surface area (TPSA) is 116 Å². The van der Waals surface area contributed by atoms with Crippen molar-refractivity contribution < 1.29 is 38.4 Å². The van der Waals surface area contributed by atoms with Gasteiger partial charge in [0.15, 0.2) is 12.1 Å². The summed E-state index contributed by atoms with van der Waals surface area (Å²) in [5.41, 5.74) is 1.19. The molecule has 10 nitrogen and oxygen atoms in total. The second-order valence-corrected chi connectivity index (χ2v) is 13.3. The summed E-state index contributed by atoms with van der Waals surface area (Å²) in [7, 11) is 0. The molecule has 1 spiro atoms. The Labute approximate surface area is 268 Å². The van der Waals surface area contributed by atoms with Crippen LogP contribution < -0.4 is 5.32 Å². The van der Waals surface area contributed by atoms with Crippen LogP contribution in [0.1, 0.15) is 109 Å². The van der Waals surface area contributed by atoms with E-state index in [0.717, 1.165) is 64.5 Å². The molecule has 1 aliphatic carbocycles. The average Bonchev–Trinajstić information content (AvgIpc) is 3.73. The number of carbonyl (C=O) groups is 2. The number of anilines is 1. The maximum absolute atomic E-state index is 13.2. The van der Waals surface area contributed by atoms with Crippen LogP contribution in [0.4, 0.5) is 10.5 Å². The van der Waals surface area contributed by atoms with E-state index in [1.165, 1.54) is 44.9 Å². The number of likely N-dealkylation sites (tertiary alicyclic amines) is 1.